The van der Waals surface area contributed by atoms with E-state index in [0.717, 1.165) is 29.5 Å². The van der Waals surface area contributed by atoms with Crippen LogP contribution in [0.3, 0.4) is 0 Å². The van der Waals surface area contributed by atoms with Gasteiger partial charge in [0.2, 0.25) is 11.8 Å². The smallest absolute Gasteiger partial charge is 0.249 e. The van der Waals surface area contributed by atoms with Gasteiger partial charge < -0.3 is 9.42 Å². The van der Waals surface area contributed by atoms with Crippen LogP contribution < -0.4 is 0 Å². The highest BCUT2D eigenvalue weighted by Crippen LogP contribution is 2.39. The molecule has 1 aromatic carbocycles. The molecule has 2 aromatic rings. The first-order chi connectivity index (χ1) is 13.8. The molecule has 29 heavy (non-hydrogen) atoms. The number of carbonyl (C=O) groups excluding carboxylic acids is 1. The van der Waals surface area contributed by atoms with Crippen LogP contribution in [0.2, 0.25) is 0 Å². The molecule has 0 spiro atoms. The van der Waals surface area contributed by atoms with Crippen LogP contribution in [0.15, 0.2) is 40.0 Å². The van der Waals surface area contributed by atoms with Crippen molar-refractivity contribution in [2.45, 2.75) is 58.4 Å². The maximum absolute atomic E-state index is 12.1. The summed E-state index contributed by atoms with van der Waals surface area (Å²) >= 11 is 0. The Bertz CT molecular complexity index is 913. The van der Waals surface area contributed by atoms with Gasteiger partial charge in [-0.25, -0.2) is 0 Å². The maximum Gasteiger partial charge on any atom is 0.249 e. The summed E-state index contributed by atoms with van der Waals surface area (Å²) in [5.74, 6) is 1.55. The zero-order valence-corrected chi connectivity index (χ0v) is 18.0. The maximum atomic E-state index is 12.1. The number of amides is 1. The van der Waals surface area contributed by atoms with Gasteiger partial charge in [0.05, 0.1) is 5.41 Å². The van der Waals surface area contributed by atoms with Crippen molar-refractivity contribution in [3.8, 4) is 0 Å². The number of piperidine rings is 1. The van der Waals surface area contributed by atoms with E-state index in [4.69, 9.17) is 9.51 Å². The number of hydrogen-bond acceptors (Lipinski definition) is 5. The molecule has 6 heteroatoms. The lowest BCUT2D eigenvalue weighted by Gasteiger charge is -2.31. The standard InChI is InChI=1S/C23H30N4O2/c1-15(2)23(4,18-12-10-17(11-13-18)16(3)14-24-5)22-25-21(29-26-22)19-8-7-9-20(28)27(19)6/h10-15,19H,5,7-9H2,1-4,6H3/b16-14+. The second-order valence-corrected chi connectivity index (χ2v) is 8.30. The Balaban J connectivity index is 1.95. The number of rotatable bonds is 6. The topological polar surface area (TPSA) is 71.6 Å². The SMILES string of the molecule is C=N/C=C(\C)c1ccc(C(C)(c2noc(C3CCCC(=O)N3C)n2)C(C)C)cc1. The van der Waals surface area contributed by atoms with Crippen molar-refractivity contribution in [1.82, 2.24) is 15.0 Å². The summed E-state index contributed by atoms with van der Waals surface area (Å²) in [5.41, 5.74) is 2.87. The van der Waals surface area contributed by atoms with Gasteiger partial charge >= 0.3 is 0 Å². The van der Waals surface area contributed by atoms with Crippen molar-refractivity contribution in [2.75, 3.05) is 7.05 Å². The Labute approximate surface area is 172 Å². The monoisotopic (exact) mass is 394 g/mol. The molecule has 0 radical (unpaired) electrons. The minimum atomic E-state index is -0.411. The molecule has 0 aliphatic carbocycles. The zero-order valence-electron chi connectivity index (χ0n) is 18.0. The van der Waals surface area contributed by atoms with E-state index in [-0.39, 0.29) is 17.9 Å². The molecule has 0 bridgehead atoms. The van der Waals surface area contributed by atoms with Crippen molar-refractivity contribution in [1.29, 1.82) is 0 Å². The lowest BCUT2D eigenvalue weighted by atomic mass is 9.72. The largest absolute Gasteiger partial charge is 0.337 e. The van der Waals surface area contributed by atoms with Crippen LogP contribution in [0, 0.1) is 5.92 Å². The van der Waals surface area contributed by atoms with Crippen molar-refractivity contribution in [2.24, 2.45) is 10.9 Å². The minimum Gasteiger partial charge on any atom is -0.337 e. The third kappa shape index (κ3) is 3.88. The highest BCUT2D eigenvalue weighted by atomic mass is 16.5. The summed E-state index contributed by atoms with van der Waals surface area (Å²) in [7, 11) is 1.81. The molecule has 2 atom stereocenters. The highest BCUT2D eigenvalue weighted by Gasteiger charge is 2.39. The van der Waals surface area contributed by atoms with Crippen LogP contribution >= 0.6 is 0 Å². The first-order valence-electron chi connectivity index (χ1n) is 10.1. The molecular weight excluding hydrogens is 364 g/mol. The number of hydrogen-bond donors (Lipinski definition) is 0. The van der Waals surface area contributed by atoms with E-state index in [0.29, 0.717) is 18.1 Å². The number of carbonyl (C=O) groups is 1. The normalized spacial score (nSPS) is 20.1. The number of benzene rings is 1. The predicted octanol–water partition coefficient (Wildman–Crippen LogP) is 4.78. The summed E-state index contributed by atoms with van der Waals surface area (Å²) in [6, 6.07) is 8.25. The molecule has 0 N–H and O–H groups in total. The van der Waals surface area contributed by atoms with Crippen LogP contribution in [-0.2, 0) is 10.2 Å². The summed E-state index contributed by atoms with van der Waals surface area (Å²) in [5, 5.41) is 4.35. The Morgan fingerprint density at radius 3 is 2.69 bits per heavy atom. The fraction of sp³-hybridized carbons (Fsp3) is 0.478. The van der Waals surface area contributed by atoms with Crippen LogP contribution in [0.1, 0.15) is 75.8 Å². The summed E-state index contributed by atoms with van der Waals surface area (Å²) in [6.45, 7) is 12.0. The van der Waals surface area contributed by atoms with Gasteiger partial charge in [0.25, 0.3) is 0 Å². The van der Waals surface area contributed by atoms with Gasteiger partial charge in [-0.1, -0.05) is 43.3 Å². The van der Waals surface area contributed by atoms with Gasteiger partial charge in [-0.3, -0.25) is 9.79 Å². The Kier molecular flexibility index (Phi) is 6.01. The molecule has 154 valence electrons. The Morgan fingerprint density at radius 2 is 2.07 bits per heavy atom. The predicted molar refractivity (Wildman–Crippen MR) is 115 cm³/mol. The Morgan fingerprint density at radius 1 is 1.38 bits per heavy atom. The second kappa shape index (κ2) is 8.31. The molecular formula is C23H30N4O2. The van der Waals surface area contributed by atoms with Crippen LogP contribution in [0.25, 0.3) is 5.57 Å². The molecule has 2 unspecified atom stereocenters. The minimum absolute atomic E-state index is 0.126. The lowest BCUT2D eigenvalue weighted by molar-refractivity contribution is -0.135. The summed E-state index contributed by atoms with van der Waals surface area (Å²) < 4.78 is 5.65. The highest BCUT2D eigenvalue weighted by molar-refractivity contribution is 5.77. The van der Waals surface area contributed by atoms with Gasteiger partial charge in [0.15, 0.2) is 5.82 Å². The number of aromatic nitrogens is 2. The van der Waals surface area contributed by atoms with Crippen molar-refractivity contribution >= 4 is 18.2 Å². The molecule has 1 amide bonds. The summed E-state index contributed by atoms with van der Waals surface area (Å²) in [4.78, 5) is 22.4. The molecule has 1 aromatic heterocycles. The van der Waals surface area contributed by atoms with Crippen molar-refractivity contribution in [3.63, 3.8) is 0 Å². The van der Waals surface area contributed by atoms with E-state index in [1.807, 2.05) is 14.0 Å². The van der Waals surface area contributed by atoms with Gasteiger partial charge in [-0.2, -0.15) is 4.98 Å². The molecule has 6 nitrogen and oxygen atoms in total. The second-order valence-electron chi connectivity index (χ2n) is 8.30. The fourth-order valence-corrected chi connectivity index (χ4v) is 3.87. The molecule has 0 saturated carbocycles. The quantitative estimate of drug-likeness (QED) is 0.661. The number of allylic oxidation sites excluding steroid dienone is 1. The molecule has 1 aliphatic heterocycles. The van der Waals surface area contributed by atoms with E-state index in [2.05, 4.69) is 61.9 Å². The van der Waals surface area contributed by atoms with Gasteiger partial charge in [-0.05, 0) is 56.0 Å². The van der Waals surface area contributed by atoms with Gasteiger partial charge in [0, 0.05) is 19.7 Å². The van der Waals surface area contributed by atoms with Crippen LogP contribution in [0.5, 0.6) is 0 Å². The van der Waals surface area contributed by atoms with E-state index >= 15 is 0 Å². The van der Waals surface area contributed by atoms with E-state index in [1.54, 1.807) is 11.1 Å². The fourth-order valence-electron chi connectivity index (χ4n) is 3.87. The average Bonchev–Trinajstić information content (AvgIpc) is 3.20. The van der Waals surface area contributed by atoms with Crippen molar-refractivity contribution < 1.29 is 9.32 Å². The molecule has 2 heterocycles. The van der Waals surface area contributed by atoms with E-state index in [9.17, 15) is 4.79 Å². The summed E-state index contributed by atoms with van der Waals surface area (Å²) in [6.07, 6.45) is 4.03. The molecule has 3 rings (SSSR count). The lowest BCUT2D eigenvalue weighted by Crippen LogP contribution is -2.35. The van der Waals surface area contributed by atoms with Crippen molar-refractivity contribution in [3.05, 3.63) is 53.3 Å². The Hall–Kier alpha value is -2.76. The van der Waals surface area contributed by atoms with Gasteiger partial charge in [0.1, 0.15) is 6.04 Å². The van der Waals surface area contributed by atoms with E-state index in [1.165, 1.54) is 0 Å². The van der Waals surface area contributed by atoms with Crippen LogP contribution in [0.4, 0.5) is 0 Å². The zero-order chi connectivity index (χ0) is 21.2. The van der Waals surface area contributed by atoms with Gasteiger partial charge in [-0.15, -0.1) is 0 Å². The molecule has 1 saturated heterocycles. The molecule has 1 aliphatic rings. The first-order valence-corrected chi connectivity index (χ1v) is 10.1. The number of aliphatic imine (C=N–C) groups is 1. The third-order valence-corrected chi connectivity index (χ3v) is 6.30. The van der Waals surface area contributed by atoms with Crippen LogP contribution in [-0.4, -0.2) is 34.7 Å². The first kappa shape index (κ1) is 21.0. The van der Waals surface area contributed by atoms with E-state index < -0.39 is 5.41 Å². The molecule has 1 fully saturated rings. The number of likely N-dealkylation sites (tertiary alicyclic amines) is 1. The average molecular weight is 395 g/mol. The number of nitrogens with zero attached hydrogens (tertiary/aromatic N) is 4. The third-order valence-electron chi connectivity index (χ3n) is 6.30.